The van der Waals surface area contributed by atoms with Crippen LogP contribution in [-0.4, -0.2) is 33.0 Å². The zero-order valence-electron chi connectivity index (χ0n) is 19.4. The minimum atomic E-state index is -0.232. The Morgan fingerprint density at radius 2 is 1.76 bits per heavy atom. The van der Waals surface area contributed by atoms with Gasteiger partial charge in [-0.1, -0.05) is 26.0 Å². The maximum absolute atomic E-state index is 5.06. The van der Waals surface area contributed by atoms with Crippen LogP contribution in [0.15, 0.2) is 55.1 Å². The maximum atomic E-state index is 5.06. The quantitative estimate of drug-likeness (QED) is 0.534. The van der Waals surface area contributed by atoms with Crippen LogP contribution in [-0.2, 0) is 5.41 Å². The van der Waals surface area contributed by atoms with Crippen LogP contribution in [0.25, 0.3) is 11.1 Å². The van der Waals surface area contributed by atoms with E-state index in [1.165, 1.54) is 30.4 Å². The first-order valence-corrected chi connectivity index (χ1v) is 12.0. The number of allylic oxidation sites excluding steroid dienone is 2. The minimum Gasteiger partial charge on any atom is -0.357 e. The van der Waals surface area contributed by atoms with Crippen LogP contribution in [0.4, 0.5) is 17.5 Å². The van der Waals surface area contributed by atoms with Crippen molar-refractivity contribution in [3.8, 4) is 11.1 Å². The highest BCUT2D eigenvalue weighted by Crippen LogP contribution is 2.54. The van der Waals surface area contributed by atoms with Gasteiger partial charge in [0.1, 0.15) is 5.82 Å². The third kappa shape index (κ3) is 3.48. The van der Waals surface area contributed by atoms with Crippen LogP contribution >= 0.6 is 0 Å². The average molecular weight is 439 g/mol. The molecule has 3 aromatic heterocycles. The summed E-state index contributed by atoms with van der Waals surface area (Å²) in [6.07, 6.45) is 18.4. The molecular formula is C27H30N6. The fraction of sp³-hybridized carbons (Fsp3) is 0.407. The molecule has 0 amide bonds. The second-order valence-corrected chi connectivity index (χ2v) is 10.2. The molecule has 3 aliphatic rings. The van der Waals surface area contributed by atoms with E-state index in [0.29, 0.717) is 5.95 Å². The molecular weight excluding hydrogens is 408 g/mol. The molecule has 6 rings (SSSR count). The molecule has 1 fully saturated rings. The molecule has 1 saturated heterocycles. The van der Waals surface area contributed by atoms with E-state index in [9.17, 15) is 0 Å². The topological polar surface area (TPSA) is 66.8 Å². The van der Waals surface area contributed by atoms with Gasteiger partial charge in [0.25, 0.3) is 0 Å². The standard InChI is InChI=1S/C27H30N6/c1-26(2)9-11-27(12-10-26)22-18-28-13-8-20(22)21-17-30-25(32-24(21)27)31-19-6-7-23(29-16-19)33-14-4-3-5-15-33/h6-9,11,13,16-18H,3-5,10,12,14-15H2,1-2H3,(H,30,31,32). The van der Waals surface area contributed by atoms with E-state index in [-0.39, 0.29) is 10.8 Å². The number of fused-ring (bicyclic) bond motifs is 5. The van der Waals surface area contributed by atoms with Crippen LogP contribution in [0, 0.1) is 5.41 Å². The van der Waals surface area contributed by atoms with E-state index in [2.05, 4.69) is 64.4 Å². The Bertz CT molecular complexity index is 1210. The third-order valence-corrected chi connectivity index (χ3v) is 7.47. The number of nitrogens with zero attached hydrogens (tertiary/aromatic N) is 5. The molecule has 0 aromatic carbocycles. The number of pyridine rings is 2. The summed E-state index contributed by atoms with van der Waals surface area (Å²) in [6, 6.07) is 6.26. The zero-order chi connectivity index (χ0) is 22.5. The molecule has 0 bridgehead atoms. The number of nitrogens with one attached hydrogen (secondary N) is 1. The van der Waals surface area contributed by atoms with Crippen LogP contribution in [0.5, 0.6) is 0 Å². The van der Waals surface area contributed by atoms with Crippen LogP contribution < -0.4 is 10.2 Å². The molecule has 1 atom stereocenters. The Hall–Kier alpha value is -3.28. The fourth-order valence-corrected chi connectivity index (χ4v) is 5.47. The van der Waals surface area contributed by atoms with Crippen molar-refractivity contribution in [1.29, 1.82) is 0 Å². The Kier molecular flexibility index (Phi) is 4.71. The molecule has 33 heavy (non-hydrogen) atoms. The number of anilines is 3. The molecule has 0 saturated carbocycles. The first-order valence-electron chi connectivity index (χ1n) is 12.0. The number of piperidine rings is 1. The Morgan fingerprint density at radius 1 is 0.879 bits per heavy atom. The molecule has 1 N–H and O–H groups in total. The second kappa shape index (κ2) is 7.65. The predicted octanol–water partition coefficient (Wildman–Crippen LogP) is 5.64. The first kappa shape index (κ1) is 20.3. The SMILES string of the molecule is CC1(C)C=CC2(CC1)c1cnccc1-c1cnc(Nc3ccc(N4CCCCC4)nc3)nc12. The van der Waals surface area contributed by atoms with Gasteiger partial charge >= 0.3 is 0 Å². The molecule has 1 aliphatic heterocycles. The molecule has 6 heteroatoms. The van der Waals surface area contributed by atoms with Gasteiger partial charge in [-0.3, -0.25) is 4.98 Å². The Morgan fingerprint density at radius 3 is 2.52 bits per heavy atom. The lowest BCUT2D eigenvalue weighted by molar-refractivity contribution is 0.353. The van der Waals surface area contributed by atoms with Crippen molar-refractivity contribution < 1.29 is 0 Å². The van der Waals surface area contributed by atoms with E-state index in [1.807, 2.05) is 24.8 Å². The van der Waals surface area contributed by atoms with E-state index >= 15 is 0 Å². The number of rotatable bonds is 3. The van der Waals surface area contributed by atoms with E-state index < -0.39 is 0 Å². The molecule has 0 radical (unpaired) electrons. The molecule has 1 spiro atoms. The lowest BCUT2D eigenvalue weighted by Gasteiger charge is -2.36. The minimum absolute atomic E-state index is 0.201. The first-order chi connectivity index (χ1) is 16.0. The van der Waals surface area contributed by atoms with Gasteiger partial charge in [-0.05, 0) is 66.8 Å². The average Bonchev–Trinajstić information content (AvgIpc) is 3.12. The third-order valence-electron chi connectivity index (χ3n) is 7.47. The molecule has 4 heterocycles. The van der Waals surface area contributed by atoms with Crippen molar-refractivity contribution in [2.45, 2.75) is 51.4 Å². The number of aromatic nitrogens is 4. The Balaban J connectivity index is 1.32. The monoisotopic (exact) mass is 438 g/mol. The van der Waals surface area contributed by atoms with Gasteiger partial charge in [-0.2, -0.15) is 0 Å². The summed E-state index contributed by atoms with van der Waals surface area (Å²) < 4.78 is 0. The normalized spacial score (nSPS) is 22.8. The summed E-state index contributed by atoms with van der Waals surface area (Å²) in [5.74, 6) is 1.66. The smallest absolute Gasteiger partial charge is 0.227 e. The highest BCUT2D eigenvalue weighted by Gasteiger charge is 2.46. The van der Waals surface area contributed by atoms with E-state index in [1.54, 1.807) is 0 Å². The van der Waals surface area contributed by atoms with Crippen molar-refractivity contribution in [2.75, 3.05) is 23.3 Å². The van der Waals surface area contributed by atoms with Crippen LogP contribution in [0.2, 0.25) is 0 Å². The summed E-state index contributed by atoms with van der Waals surface area (Å²) in [5, 5.41) is 3.39. The van der Waals surface area contributed by atoms with Gasteiger partial charge in [0.15, 0.2) is 0 Å². The summed E-state index contributed by atoms with van der Waals surface area (Å²) in [6.45, 7) is 6.78. The highest BCUT2D eigenvalue weighted by atomic mass is 15.2. The maximum Gasteiger partial charge on any atom is 0.227 e. The van der Waals surface area contributed by atoms with Crippen LogP contribution in [0.3, 0.4) is 0 Å². The summed E-state index contributed by atoms with van der Waals surface area (Å²) >= 11 is 0. The Labute approximate surface area is 195 Å². The fourth-order valence-electron chi connectivity index (χ4n) is 5.47. The molecule has 3 aromatic rings. The van der Waals surface area contributed by atoms with Gasteiger partial charge in [0.05, 0.1) is 23.0 Å². The highest BCUT2D eigenvalue weighted by molar-refractivity contribution is 5.80. The van der Waals surface area contributed by atoms with Gasteiger partial charge in [-0.25, -0.2) is 15.0 Å². The molecule has 2 aliphatic carbocycles. The van der Waals surface area contributed by atoms with Gasteiger partial charge < -0.3 is 10.2 Å². The number of hydrogen-bond acceptors (Lipinski definition) is 6. The summed E-state index contributed by atoms with van der Waals surface area (Å²) in [7, 11) is 0. The molecule has 1 unspecified atom stereocenters. The van der Waals surface area contributed by atoms with E-state index in [0.717, 1.165) is 48.7 Å². The second-order valence-electron chi connectivity index (χ2n) is 10.2. The summed E-state index contributed by atoms with van der Waals surface area (Å²) in [4.78, 5) is 21.2. The number of hydrogen-bond donors (Lipinski definition) is 1. The van der Waals surface area contributed by atoms with Crippen molar-refractivity contribution in [3.05, 3.63) is 66.4 Å². The lowest BCUT2D eigenvalue weighted by atomic mass is 9.67. The van der Waals surface area contributed by atoms with Gasteiger partial charge in [0, 0.05) is 37.2 Å². The predicted molar refractivity (Wildman–Crippen MR) is 132 cm³/mol. The lowest BCUT2D eigenvalue weighted by Crippen LogP contribution is -2.30. The van der Waals surface area contributed by atoms with Gasteiger partial charge in [-0.15, -0.1) is 0 Å². The van der Waals surface area contributed by atoms with Crippen molar-refractivity contribution in [1.82, 2.24) is 19.9 Å². The van der Waals surface area contributed by atoms with Gasteiger partial charge in [0.2, 0.25) is 5.95 Å². The zero-order valence-corrected chi connectivity index (χ0v) is 19.4. The largest absolute Gasteiger partial charge is 0.357 e. The van der Waals surface area contributed by atoms with Crippen molar-refractivity contribution in [3.63, 3.8) is 0 Å². The van der Waals surface area contributed by atoms with Crippen LogP contribution in [0.1, 0.15) is 57.2 Å². The van der Waals surface area contributed by atoms with E-state index in [4.69, 9.17) is 9.97 Å². The molecule has 168 valence electrons. The summed E-state index contributed by atoms with van der Waals surface area (Å²) in [5.41, 5.74) is 5.50. The molecule has 6 nitrogen and oxygen atoms in total. The van der Waals surface area contributed by atoms with Crippen molar-refractivity contribution in [2.24, 2.45) is 5.41 Å². The van der Waals surface area contributed by atoms with Crippen molar-refractivity contribution >= 4 is 17.5 Å².